The first-order valence-electron chi connectivity index (χ1n) is 4.73. The highest BCUT2D eigenvalue weighted by atomic mass is 32.2. The zero-order valence-corrected chi connectivity index (χ0v) is 10.0. The highest BCUT2D eigenvalue weighted by molar-refractivity contribution is 8.04. The van der Waals surface area contributed by atoms with E-state index in [-0.39, 0.29) is 0 Å². The molecule has 0 aromatic rings. The molecule has 0 amide bonds. The highest BCUT2D eigenvalue weighted by Crippen LogP contribution is 2.15. The highest BCUT2D eigenvalue weighted by Gasteiger charge is 1.96. The Labute approximate surface area is 89.0 Å². The molecule has 0 nitrogen and oxygen atoms in total. The molecule has 0 aromatic heterocycles. The van der Waals surface area contributed by atoms with Gasteiger partial charge in [-0.15, -0.1) is 0 Å². The summed E-state index contributed by atoms with van der Waals surface area (Å²) in [5, 5.41) is 0. The second-order valence-electron chi connectivity index (χ2n) is 2.90. The molecule has 0 N–H and O–H groups in total. The van der Waals surface area contributed by atoms with E-state index in [2.05, 4.69) is 35.3 Å². The zero-order chi connectivity index (χ0) is 8.49. The van der Waals surface area contributed by atoms with Crippen LogP contribution in [0.15, 0.2) is 0 Å². The van der Waals surface area contributed by atoms with Crippen LogP contribution in [0.25, 0.3) is 0 Å². The van der Waals surface area contributed by atoms with E-state index in [1.807, 2.05) is 0 Å². The van der Waals surface area contributed by atoms with E-state index < -0.39 is 0 Å². The molecule has 1 saturated heterocycles. The largest absolute Gasteiger partial charge is 0.161 e. The first-order valence-corrected chi connectivity index (χ1v) is 8.20. The van der Waals surface area contributed by atoms with Crippen molar-refractivity contribution in [1.29, 1.82) is 0 Å². The minimum absolute atomic E-state index is 1.37. The van der Waals surface area contributed by atoms with Crippen molar-refractivity contribution >= 4 is 35.3 Å². The van der Waals surface area contributed by atoms with Crippen molar-refractivity contribution in [1.82, 2.24) is 0 Å². The van der Waals surface area contributed by atoms with Crippen molar-refractivity contribution in [3.63, 3.8) is 0 Å². The predicted octanol–water partition coefficient (Wildman–Crippen LogP) is 3.37. The fraction of sp³-hybridized carbons (Fsp3) is 1.00. The van der Waals surface area contributed by atoms with Crippen LogP contribution in [-0.2, 0) is 0 Å². The monoisotopic (exact) mass is 222 g/mol. The van der Waals surface area contributed by atoms with E-state index in [9.17, 15) is 0 Å². The summed E-state index contributed by atoms with van der Waals surface area (Å²) in [5.74, 6) is 8.26. The Hall–Kier alpha value is 1.05. The van der Waals surface area contributed by atoms with Crippen molar-refractivity contribution < 1.29 is 0 Å². The van der Waals surface area contributed by atoms with Gasteiger partial charge in [-0.3, -0.25) is 0 Å². The van der Waals surface area contributed by atoms with Crippen LogP contribution in [0.4, 0.5) is 0 Å². The summed E-state index contributed by atoms with van der Waals surface area (Å²) in [6.07, 6.45) is 4.33. The van der Waals surface area contributed by atoms with Crippen molar-refractivity contribution in [3.8, 4) is 0 Å². The lowest BCUT2D eigenvalue weighted by molar-refractivity contribution is 0.785. The molecule has 1 aliphatic rings. The third-order valence-electron chi connectivity index (χ3n) is 1.82. The van der Waals surface area contributed by atoms with Gasteiger partial charge in [-0.05, 0) is 24.3 Å². The van der Waals surface area contributed by atoms with Gasteiger partial charge in [-0.2, -0.15) is 35.3 Å². The molecule has 1 aliphatic heterocycles. The van der Waals surface area contributed by atoms with Crippen LogP contribution >= 0.6 is 35.3 Å². The van der Waals surface area contributed by atoms with Crippen molar-refractivity contribution in [2.45, 2.75) is 19.3 Å². The molecule has 1 heterocycles. The average molecular weight is 222 g/mol. The normalized spacial score (nSPS) is 24.0. The zero-order valence-electron chi connectivity index (χ0n) is 7.59. The molecule has 0 radical (unpaired) electrons. The van der Waals surface area contributed by atoms with E-state index in [1.165, 1.54) is 53.8 Å². The van der Waals surface area contributed by atoms with E-state index in [0.717, 1.165) is 0 Å². The number of thioether (sulfide) groups is 3. The first kappa shape index (κ1) is 11.1. The van der Waals surface area contributed by atoms with Crippen LogP contribution < -0.4 is 0 Å². The van der Waals surface area contributed by atoms with Crippen LogP contribution in [-0.4, -0.2) is 34.5 Å². The van der Waals surface area contributed by atoms with Gasteiger partial charge >= 0.3 is 0 Å². The number of hydrogen-bond donors (Lipinski definition) is 0. The van der Waals surface area contributed by atoms with Gasteiger partial charge in [0.1, 0.15) is 0 Å². The third kappa shape index (κ3) is 6.55. The standard InChI is InChI=1S/C9H18S3/c1-2-4-10-6-8-12-9-7-11-5-3-1/h1-9H2. The molecule has 0 spiro atoms. The molecule has 0 saturated carbocycles. The lowest BCUT2D eigenvalue weighted by atomic mass is 10.3. The van der Waals surface area contributed by atoms with Gasteiger partial charge < -0.3 is 0 Å². The van der Waals surface area contributed by atoms with Gasteiger partial charge in [0.05, 0.1) is 0 Å². The molecule has 1 fully saturated rings. The molecule has 3 heteroatoms. The molecule has 0 atom stereocenters. The van der Waals surface area contributed by atoms with Crippen LogP contribution in [0.3, 0.4) is 0 Å². The maximum atomic E-state index is 2.14. The van der Waals surface area contributed by atoms with Crippen LogP contribution in [0, 0.1) is 0 Å². The van der Waals surface area contributed by atoms with Gasteiger partial charge in [-0.1, -0.05) is 6.42 Å². The van der Waals surface area contributed by atoms with Crippen LogP contribution in [0.5, 0.6) is 0 Å². The Morgan fingerprint density at radius 2 is 0.833 bits per heavy atom. The first-order chi connectivity index (χ1) is 6.00. The van der Waals surface area contributed by atoms with Gasteiger partial charge in [0, 0.05) is 23.0 Å². The summed E-state index contributed by atoms with van der Waals surface area (Å²) in [4.78, 5) is 0. The molecular weight excluding hydrogens is 204 g/mol. The second-order valence-corrected chi connectivity index (χ2v) is 6.57. The van der Waals surface area contributed by atoms with E-state index in [4.69, 9.17) is 0 Å². The lowest BCUT2D eigenvalue weighted by Crippen LogP contribution is -1.94. The molecule has 72 valence electrons. The van der Waals surface area contributed by atoms with Crippen molar-refractivity contribution in [2.24, 2.45) is 0 Å². The van der Waals surface area contributed by atoms with E-state index in [0.29, 0.717) is 0 Å². The summed E-state index contributed by atoms with van der Waals surface area (Å²) < 4.78 is 0. The Morgan fingerprint density at radius 1 is 0.417 bits per heavy atom. The van der Waals surface area contributed by atoms with Crippen molar-refractivity contribution in [3.05, 3.63) is 0 Å². The van der Waals surface area contributed by atoms with Gasteiger partial charge in [0.2, 0.25) is 0 Å². The number of hydrogen-bond acceptors (Lipinski definition) is 3. The minimum Gasteiger partial charge on any atom is -0.161 e. The minimum atomic E-state index is 1.37. The molecule has 0 bridgehead atoms. The Morgan fingerprint density at radius 3 is 1.33 bits per heavy atom. The fourth-order valence-corrected chi connectivity index (χ4v) is 4.44. The molecule has 12 heavy (non-hydrogen) atoms. The average Bonchev–Trinajstić information content (AvgIpc) is 2.05. The summed E-state index contributed by atoms with van der Waals surface area (Å²) in [7, 11) is 0. The topological polar surface area (TPSA) is 0 Å². The van der Waals surface area contributed by atoms with Crippen LogP contribution in [0.1, 0.15) is 19.3 Å². The summed E-state index contributed by atoms with van der Waals surface area (Å²) in [5.41, 5.74) is 0. The quantitative estimate of drug-likeness (QED) is 0.617. The Kier molecular flexibility index (Phi) is 8.01. The SMILES string of the molecule is C1CCSCCSCCSCC1. The molecular formula is C9H18S3. The summed E-state index contributed by atoms with van der Waals surface area (Å²) >= 11 is 6.41. The summed E-state index contributed by atoms with van der Waals surface area (Å²) in [6.45, 7) is 0. The van der Waals surface area contributed by atoms with Crippen LogP contribution in [0.2, 0.25) is 0 Å². The third-order valence-corrected chi connectivity index (χ3v) is 5.46. The molecule has 0 aromatic carbocycles. The lowest BCUT2D eigenvalue weighted by Gasteiger charge is -2.05. The molecule has 0 unspecified atom stereocenters. The molecule has 1 rings (SSSR count). The maximum Gasteiger partial charge on any atom is 0.00238 e. The summed E-state index contributed by atoms with van der Waals surface area (Å²) in [6, 6.07) is 0. The van der Waals surface area contributed by atoms with Gasteiger partial charge in [0.15, 0.2) is 0 Å². The van der Waals surface area contributed by atoms with Gasteiger partial charge in [0.25, 0.3) is 0 Å². The van der Waals surface area contributed by atoms with Gasteiger partial charge in [-0.25, -0.2) is 0 Å². The van der Waals surface area contributed by atoms with E-state index >= 15 is 0 Å². The fourth-order valence-electron chi connectivity index (χ4n) is 1.13. The smallest absolute Gasteiger partial charge is 0.00238 e. The Balaban J connectivity index is 2.00. The number of rotatable bonds is 0. The Bertz CT molecular complexity index is 52.8. The van der Waals surface area contributed by atoms with E-state index in [1.54, 1.807) is 0 Å². The van der Waals surface area contributed by atoms with Crippen molar-refractivity contribution in [2.75, 3.05) is 34.5 Å². The predicted molar refractivity (Wildman–Crippen MR) is 65.8 cm³/mol. The second kappa shape index (κ2) is 8.64. The molecule has 0 aliphatic carbocycles. The maximum absolute atomic E-state index is 2.14.